The molecule has 0 aliphatic heterocycles. The summed E-state index contributed by atoms with van der Waals surface area (Å²) in [5, 5.41) is 21.6. The molecular weight excluding hydrogens is 230 g/mol. The Labute approximate surface area is 103 Å². The molecule has 1 aromatic carbocycles. The fourth-order valence-corrected chi connectivity index (χ4v) is 1.73. The molecular formula is C12H11N5O. The summed E-state index contributed by atoms with van der Waals surface area (Å²) in [6.45, 7) is 1.87. The van der Waals surface area contributed by atoms with E-state index in [9.17, 15) is 5.11 Å². The lowest BCUT2D eigenvalue weighted by molar-refractivity contribution is 0.475. The Morgan fingerprint density at radius 2 is 1.94 bits per heavy atom. The second kappa shape index (κ2) is 4.06. The zero-order valence-corrected chi connectivity index (χ0v) is 9.78. The van der Waals surface area contributed by atoms with Gasteiger partial charge in [0.2, 0.25) is 0 Å². The van der Waals surface area contributed by atoms with Crippen molar-refractivity contribution in [1.82, 2.24) is 24.8 Å². The molecule has 18 heavy (non-hydrogen) atoms. The van der Waals surface area contributed by atoms with E-state index in [4.69, 9.17) is 0 Å². The summed E-state index contributed by atoms with van der Waals surface area (Å²) in [4.78, 5) is 4.14. The number of hydrogen-bond donors (Lipinski definition) is 1. The van der Waals surface area contributed by atoms with Crippen LogP contribution in [-0.2, 0) is 6.42 Å². The molecule has 6 heteroatoms. The molecule has 0 spiro atoms. The molecule has 0 unspecified atom stereocenters. The number of hydrogen-bond acceptors (Lipinski definition) is 5. The molecule has 0 fully saturated rings. The fraction of sp³-hybridized carbons (Fsp3) is 0.167. The average molecular weight is 241 g/mol. The second-order valence-corrected chi connectivity index (χ2v) is 4.07. The molecule has 0 saturated heterocycles. The van der Waals surface area contributed by atoms with Gasteiger partial charge in [-0.1, -0.05) is 12.1 Å². The third-order valence-corrected chi connectivity index (χ3v) is 2.61. The number of rotatable bonds is 2. The Balaban J connectivity index is 1.99. The van der Waals surface area contributed by atoms with Crippen molar-refractivity contribution < 1.29 is 5.11 Å². The molecule has 0 amide bonds. The van der Waals surface area contributed by atoms with Crippen molar-refractivity contribution in [2.75, 3.05) is 0 Å². The predicted octanol–water partition coefficient (Wildman–Crippen LogP) is 1.12. The minimum atomic E-state index is 0.250. The largest absolute Gasteiger partial charge is 0.508 e. The van der Waals surface area contributed by atoms with Crippen LogP contribution in [0.15, 0.2) is 30.5 Å². The van der Waals surface area contributed by atoms with Gasteiger partial charge in [0.1, 0.15) is 5.75 Å². The van der Waals surface area contributed by atoms with Gasteiger partial charge in [-0.3, -0.25) is 0 Å². The number of phenolic OH excluding ortho intramolecular Hbond substituents is 1. The first-order valence-corrected chi connectivity index (χ1v) is 5.54. The van der Waals surface area contributed by atoms with Crippen LogP contribution in [0.2, 0.25) is 0 Å². The van der Waals surface area contributed by atoms with Gasteiger partial charge in [-0.15, -0.1) is 10.2 Å². The van der Waals surface area contributed by atoms with Gasteiger partial charge in [-0.05, 0) is 24.6 Å². The Morgan fingerprint density at radius 1 is 1.17 bits per heavy atom. The maximum atomic E-state index is 9.24. The van der Waals surface area contributed by atoms with Crippen molar-refractivity contribution in [2.24, 2.45) is 0 Å². The molecule has 3 aromatic rings. The van der Waals surface area contributed by atoms with Crippen molar-refractivity contribution in [1.29, 1.82) is 0 Å². The molecule has 0 atom stereocenters. The molecule has 0 aliphatic rings. The molecule has 90 valence electrons. The lowest BCUT2D eigenvalue weighted by Crippen LogP contribution is -2.02. The topological polar surface area (TPSA) is 76.2 Å². The van der Waals surface area contributed by atoms with Crippen molar-refractivity contribution in [3.05, 3.63) is 47.5 Å². The van der Waals surface area contributed by atoms with Gasteiger partial charge >= 0.3 is 0 Å². The maximum Gasteiger partial charge on any atom is 0.271 e. The van der Waals surface area contributed by atoms with Gasteiger partial charge in [0.05, 0.1) is 11.9 Å². The van der Waals surface area contributed by atoms with E-state index in [0.29, 0.717) is 12.2 Å². The summed E-state index contributed by atoms with van der Waals surface area (Å²) in [6.07, 6.45) is 2.26. The molecule has 0 aliphatic carbocycles. The summed E-state index contributed by atoms with van der Waals surface area (Å²) in [6, 6.07) is 6.99. The van der Waals surface area contributed by atoms with E-state index in [0.717, 1.165) is 17.1 Å². The Hall–Kier alpha value is -2.50. The van der Waals surface area contributed by atoms with Crippen LogP contribution in [-0.4, -0.2) is 29.9 Å². The van der Waals surface area contributed by atoms with Gasteiger partial charge in [-0.25, -0.2) is 4.98 Å². The number of fused-ring (bicyclic) bond motifs is 1. The summed E-state index contributed by atoms with van der Waals surface area (Å²) in [7, 11) is 0. The van der Waals surface area contributed by atoms with Crippen molar-refractivity contribution in [3.63, 3.8) is 0 Å². The number of nitrogens with zero attached hydrogens (tertiary/aromatic N) is 5. The third-order valence-electron chi connectivity index (χ3n) is 2.61. The average Bonchev–Trinajstić information content (AvgIpc) is 2.75. The zero-order valence-electron chi connectivity index (χ0n) is 9.78. The highest BCUT2D eigenvalue weighted by atomic mass is 16.3. The standard InChI is InChI=1S/C12H11N5O/c1-8-7-13-12-15-14-11(17(12)16-8)6-9-2-4-10(18)5-3-9/h2-5,7,18H,6H2,1H3. The van der Waals surface area contributed by atoms with Crippen LogP contribution < -0.4 is 0 Å². The highest BCUT2D eigenvalue weighted by Crippen LogP contribution is 2.12. The first kappa shape index (κ1) is 10.6. The van der Waals surface area contributed by atoms with Crippen LogP contribution in [0, 0.1) is 6.92 Å². The van der Waals surface area contributed by atoms with Gasteiger partial charge in [0.25, 0.3) is 5.78 Å². The second-order valence-electron chi connectivity index (χ2n) is 4.07. The number of benzene rings is 1. The summed E-state index contributed by atoms with van der Waals surface area (Å²) >= 11 is 0. The van der Waals surface area contributed by atoms with Gasteiger partial charge in [-0.2, -0.15) is 9.61 Å². The predicted molar refractivity (Wildman–Crippen MR) is 64.2 cm³/mol. The minimum absolute atomic E-state index is 0.250. The van der Waals surface area contributed by atoms with Crippen molar-refractivity contribution in [3.8, 4) is 5.75 Å². The van der Waals surface area contributed by atoms with E-state index in [1.807, 2.05) is 19.1 Å². The van der Waals surface area contributed by atoms with E-state index < -0.39 is 0 Å². The van der Waals surface area contributed by atoms with Crippen LogP contribution in [0.4, 0.5) is 0 Å². The molecule has 6 nitrogen and oxygen atoms in total. The Morgan fingerprint density at radius 3 is 2.72 bits per heavy atom. The minimum Gasteiger partial charge on any atom is -0.508 e. The summed E-state index contributed by atoms with van der Waals surface area (Å²) in [5.41, 5.74) is 1.85. The van der Waals surface area contributed by atoms with Crippen LogP contribution in [0.25, 0.3) is 5.78 Å². The van der Waals surface area contributed by atoms with Gasteiger partial charge in [0, 0.05) is 6.42 Å². The van der Waals surface area contributed by atoms with Crippen LogP contribution in [0.1, 0.15) is 17.1 Å². The Bertz CT molecular complexity index is 689. The van der Waals surface area contributed by atoms with Crippen molar-refractivity contribution >= 4 is 5.78 Å². The summed E-state index contributed by atoms with van der Waals surface area (Å²) in [5.74, 6) is 1.47. The third kappa shape index (κ3) is 1.88. The number of aryl methyl sites for hydroxylation is 1. The Kier molecular flexibility index (Phi) is 2.40. The van der Waals surface area contributed by atoms with Crippen LogP contribution in [0.3, 0.4) is 0 Å². The fourth-order valence-electron chi connectivity index (χ4n) is 1.73. The van der Waals surface area contributed by atoms with Gasteiger partial charge in [0.15, 0.2) is 5.82 Å². The van der Waals surface area contributed by atoms with E-state index in [1.165, 1.54) is 0 Å². The lowest BCUT2D eigenvalue weighted by Gasteiger charge is -2.00. The SMILES string of the molecule is Cc1cnc2nnc(Cc3ccc(O)cc3)n2n1. The first-order chi connectivity index (χ1) is 8.72. The van der Waals surface area contributed by atoms with Gasteiger partial charge < -0.3 is 5.11 Å². The van der Waals surface area contributed by atoms with E-state index >= 15 is 0 Å². The number of phenols is 1. The van der Waals surface area contributed by atoms with Crippen LogP contribution >= 0.6 is 0 Å². The molecule has 0 radical (unpaired) electrons. The lowest BCUT2D eigenvalue weighted by atomic mass is 10.1. The molecule has 3 rings (SSSR count). The van der Waals surface area contributed by atoms with E-state index in [1.54, 1.807) is 22.8 Å². The maximum absolute atomic E-state index is 9.24. The highest BCUT2D eigenvalue weighted by molar-refractivity contribution is 5.30. The van der Waals surface area contributed by atoms with Crippen LogP contribution in [0.5, 0.6) is 5.75 Å². The quantitative estimate of drug-likeness (QED) is 0.727. The number of aromatic hydroxyl groups is 1. The highest BCUT2D eigenvalue weighted by Gasteiger charge is 2.08. The molecule has 2 heterocycles. The van der Waals surface area contributed by atoms with E-state index in [2.05, 4.69) is 20.3 Å². The number of aromatic nitrogens is 5. The molecule has 0 saturated carbocycles. The molecule has 0 bridgehead atoms. The molecule has 1 N–H and O–H groups in total. The van der Waals surface area contributed by atoms with E-state index in [-0.39, 0.29) is 5.75 Å². The summed E-state index contributed by atoms with van der Waals surface area (Å²) < 4.78 is 1.64. The monoisotopic (exact) mass is 241 g/mol. The first-order valence-electron chi connectivity index (χ1n) is 5.54. The normalized spacial score (nSPS) is 10.9. The molecule has 2 aromatic heterocycles. The smallest absolute Gasteiger partial charge is 0.271 e. The van der Waals surface area contributed by atoms with Crippen molar-refractivity contribution in [2.45, 2.75) is 13.3 Å². The zero-order chi connectivity index (χ0) is 12.5.